The molecule has 0 fully saturated rings. The van der Waals surface area contributed by atoms with Gasteiger partial charge in [0.25, 0.3) is 0 Å². The number of halogens is 1. The number of benzene rings is 1. The van der Waals surface area contributed by atoms with Gasteiger partial charge < -0.3 is 4.52 Å². The molecule has 0 spiro atoms. The van der Waals surface area contributed by atoms with Crippen molar-refractivity contribution in [3.63, 3.8) is 0 Å². The fourth-order valence-corrected chi connectivity index (χ4v) is 2.16. The van der Waals surface area contributed by atoms with Crippen LogP contribution in [0.1, 0.15) is 32.1 Å². The summed E-state index contributed by atoms with van der Waals surface area (Å²) in [5.74, 6) is 0.631. The van der Waals surface area contributed by atoms with Crippen molar-refractivity contribution in [3.8, 4) is 11.4 Å². The van der Waals surface area contributed by atoms with Crippen LogP contribution in [0.25, 0.3) is 11.4 Å². The van der Waals surface area contributed by atoms with Gasteiger partial charge in [-0.1, -0.05) is 40.1 Å². The number of carbonyl (C=O) groups is 1. The van der Waals surface area contributed by atoms with Crippen LogP contribution in [-0.2, 0) is 4.79 Å². The van der Waals surface area contributed by atoms with Crippen LogP contribution < -0.4 is 0 Å². The minimum Gasteiger partial charge on any atom is -0.338 e. The molecule has 0 aliphatic heterocycles. The van der Waals surface area contributed by atoms with Crippen LogP contribution in [0.5, 0.6) is 0 Å². The Morgan fingerprint density at radius 3 is 2.89 bits per heavy atom. The van der Waals surface area contributed by atoms with E-state index in [-0.39, 0.29) is 11.7 Å². The van der Waals surface area contributed by atoms with E-state index >= 15 is 0 Å². The van der Waals surface area contributed by atoms with Crippen molar-refractivity contribution in [2.75, 3.05) is 0 Å². The van der Waals surface area contributed by atoms with E-state index in [1.54, 1.807) is 0 Å². The highest BCUT2D eigenvalue weighted by Gasteiger charge is 2.21. The molecule has 5 heteroatoms. The number of ketones is 1. The number of nitrogens with zero attached hydrogens (tertiary/aromatic N) is 2. The molecule has 94 valence electrons. The molecule has 1 aromatic carbocycles. The van der Waals surface area contributed by atoms with Crippen molar-refractivity contribution in [2.24, 2.45) is 0 Å². The zero-order valence-electron chi connectivity index (χ0n) is 10.2. The Labute approximate surface area is 114 Å². The molecule has 1 heterocycles. The first-order chi connectivity index (χ1) is 8.61. The first-order valence-electron chi connectivity index (χ1n) is 5.71. The highest BCUT2D eigenvalue weighted by Crippen LogP contribution is 2.24. The molecule has 0 amide bonds. The van der Waals surface area contributed by atoms with Crippen molar-refractivity contribution in [1.29, 1.82) is 0 Å². The summed E-state index contributed by atoms with van der Waals surface area (Å²) in [6.45, 7) is 3.46. The van der Waals surface area contributed by atoms with Gasteiger partial charge in [0.05, 0.1) is 5.92 Å². The lowest BCUT2D eigenvalue weighted by atomic mass is 10.0. The molecule has 0 radical (unpaired) electrons. The van der Waals surface area contributed by atoms with E-state index in [2.05, 4.69) is 26.1 Å². The van der Waals surface area contributed by atoms with Crippen LogP contribution in [0.3, 0.4) is 0 Å². The molecule has 0 aliphatic rings. The topological polar surface area (TPSA) is 56.0 Å². The molecule has 4 nitrogen and oxygen atoms in total. The lowest BCUT2D eigenvalue weighted by Gasteiger charge is -2.03. The zero-order valence-corrected chi connectivity index (χ0v) is 11.8. The van der Waals surface area contributed by atoms with Gasteiger partial charge in [0.2, 0.25) is 11.7 Å². The van der Waals surface area contributed by atoms with E-state index in [1.807, 2.05) is 31.2 Å². The lowest BCUT2D eigenvalue weighted by Crippen LogP contribution is -2.07. The highest BCUT2D eigenvalue weighted by molar-refractivity contribution is 9.10. The van der Waals surface area contributed by atoms with Crippen molar-refractivity contribution < 1.29 is 9.32 Å². The maximum absolute atomic E-state index is 11.4. The summed E-state index contributed by atoms with van der Waals surface area (Å²) in [4.78, 5) is 15.7. The van der Waals surface area contributed by atoms with E-state index in [4.69, 9.17) is 4.52 Å². The van der Waals surface area contributed by atoms with Crippen LogP contribution in [0.4, 0.5) is 0 Å². The molecular formula is C13H13BrN2O2. The van der Waals surface area contributed by atoms with Gasteiger partial charge in [-0.15, -0.1) is 0 Å². The molecule has 0 bridgehead atoms. The van der Waals surface area contributed by atoms with E-state index in [1.165, 1.54) is 6.92 Å². The Hall–Kier alpha value is -1.49. The van der Waals surface area contributed by atoms with Crippen LogP contribution in [0.2, 0.25) is 0 Å². The quantitative estimate of drug-likeness (QED) is 0.866. The molecule has 1 atom stereocenters. The van der Waals surface area contributed by atoms with Gasteiger partial charge in [-0.3, -0.25) is 4.79 Å². The number of aromatic nitrogens is 2. The third-order valence-corrected chi connectivity index (χ3v) is 3.21. The van der Waals surface area contributed by atoms with E-state index in [0.29, 0.717) is 18.1 Å². The predicted molar refractivity (Wildman–Crippen MR) is 71.1 cm³/mol. The van der Waals surface area contributed by atoms with Crippen LogP contribution >= 0.6 is 15.9 Å². The second-order valence-corrected chi connectivity index (χ2v) is 4.95. The third kappa shape index (κ3) is 2.67. The molecule has 1 unspecified atom stereocenters. The predicted octanol–water partition coefficient (Wildman–Crippen LogP) is 3.58. The minimum absolute atomic E-state index is 0.0435. The summed E-state index contributed by atoms with van der Waals surface area (Å²) >= 11 is 3.39. The number of Topliss-reactive ketones (excluding diaryl/α,β-unsaturated/α-hetero) is 1. The molecule has 0 saturated heterocycles. The van der Waals surface area contributed by atoms with Crippen molar-refractivity contribution in [1.82, 2.24) is 10.1 Å². The standard InChI is InChI=1S/C13H13BrN2O2/c1-3-11(8(2)17)13-15-12(16-18-13)9-5-4-6-10(14)7-9/h4-7,11H,3H2,1-2H3. The van der Waals surface area contributed by atoms with Gasteiger partial charge in [0.15, 0.2) is 0 Å². The van der Waals surface area contributed by atoms with Gasteiger partial charge in [-0.2, -0.15) is 4.98 Å². The van der Waals surface area contributed by atoms with Crippen molar-refractivity contribution in [2.45, 2.75) is 26.2 Å². The van der Waals surface area contributed by atoms with Crippen molar-refractivity contribution >= 4 is 21.7 Å². The Balaban J connectivity index is 2.33. The first kappa shape index (κ1) is 13.0. The van der Waals surface area contributed by atoms with E-state index in [0.717, 1.165) is 10.0 Å². The van der Waals surface area contributed by atoms with Gasteiger partial charge in [-0.25, -0.2) is 0 Å². The molecule has 0 saturated carbocycles. The Morgan fingerprint density at radius 1 is 1.50 bits per heavy atom. The zero-order chi connectivity index (χ0) is 13.1. The van der Waals surface area contributed by atoms with Gasteiger partial charge in [-0.05, 0) is 25.5 Å². The lowest BCUT2D eigenvalue weighted by molar-refractivity contribution is -0.119. The third-order valence-electron chi connectivity index (χ3n) is 2.72. The maximum atomic E-state index is 11.4. The fourth-order valence-electron chi connectivity index (χ4n) is 1.76. The largest absolute Gasteiger partial charge is 0.338 e. The minimum atomic E-state index is -0.307. The normalized spacial score (nSPS) is 12.4. The van der Waals surface area contributed by atoms with Crippen LogP contribution in [-0.4, -0.2) is 15.9 Å². The summed E-state index contributed by atoms with van der Waals surface area (Å²) in [5.41, 5.74) is 0.859. The van der Waals surface area contributed by atoms with E-state index < -0.39 is 0 Å². The smallest absolute Gasteiger partial charge is 0.237 e. The SMILES string of the molecule is CCC(C(C)=O)c1nc(-c2cccc(Br)c2)no1. The van der Waals surface area contributed by atoms with Crippen LogP contribution in [0.15, 0.2) is 33.3 Å². The number of hydrogen-bond donors (Lipinski definition) is 0. The summed E-state index contributed by atoms with van der Waals surface area (Å²) in [6.07, 6.45) is 0.662. The molecule has 2 aromatic rings. The molecular weight excluding hydrogens is 296 g/mol. The summed E-state index contributed by atoms with van der Waals surface area (Å²) < 4.78 is 6.13. The molecule has 2 rings (SSSR count). The fraction of sp³-hybridized carbons (Fsp3) is 0.308. The number of rotatable bonds is 4. The summed E-state index contributed by atoms with van der Waals surface area (Å²) in [6, 6.07) is 7.63. The molecule has 0 N–H and O–H groups in total. The number of hydrogen-bond acceptors (Lipinski definition) is 4. The Kier molecular flexibility index (Phi) is 3.91. The second-order valence-electron chi connectivity index (χ2n) is 4.04. The Morgan fingerprint density at radius 2 is 2.28 bits per heavy atom. The maximum Gasteiger partial charge on any atom is 0.237 e. The molecule has 0 aliphatic carbocycles. The number of carbonyl (C=O) groups excluding carboxylic acids is 1. The van der Waals surface area contributed by atoms with Gasteiger partial charge >= 0.3 is 0 Å². The summed E-state index contributed by atoms with van der Waals surface area (Å²) in [5, 5.41) is 3.92. The second kappa shape index (κ2) is 5.44. The van der Waals surface area contributed by atoms with Crippen LogP contribution in [0, 0.1) is 0 Å². The Bertz CT molecular complexity index is 566. The van der Waals surface area contributed by atoms with E-state index in [9.17, 15) is 4.79 Å². The first-order valence-corrected chi connectivity index (χ1v) is 6.51. The highest BCUT2D eigenvalue weighted by atomic mass is 79.9. The van der Waals surface area contributed by atoms with Gasteiger partial charge in [0.1, 0.15) is 5.78 Å². The monoisotopic (exact) mass is 308 g/mol. The summed E-state index contributed by atoms with van der Waals surface area (Å²) in [7, 11) is 0. The molecule has 18 heavy (non-hydrogen) atoms. The van der Waals surface area contributed by atoms with Crippen molar-refractivity contribution in [3.05, 3.63) is 34.6 Å². The average molecular weight is 309 g/mol. The molecule has 1 aromatic heterocycles. The van der Waals surface area contributed by atoms with Gasteiger partial charge in [0, 0.05) is 10.0 Å². The average Bonchev–Trinajstić information content (AvgIpc) is 2.79.